The molecule has 0 aromatic heterocycles. The molecule has 1 fully saturated rings. The number of hydrogen-bond donors (Lipinski definition) is 1. The van der Waals surface area contributed by atoms with Crippen molar-refractivity contribution in [1.82, 2.24) is 9.62 Å². The zero-order valence-corrected chi connectivity index (χ0v) is 17.1. The van der Waals surface area contributed by atoms with Crippen molar-refractivity contribution in [2.45, 2.75) is 38.8 Å². The molecule has 1 aromatic carbocycles. The number of rotatable bonds is 7. The number of amides is 1. The SMILES string of the molecule is COc1cc(/C=C/C(=O)NC2CCN(S(C)(=O)=O)CC2)ccc1OC(C)C. The van der Waals surface area contributed by atoms with Crippen LogP contribution in [-0.2, 0) is 14.8 Å². The summed E-state index contributed by atoms with van der Waals surface area (Å²) >= 11 is 0. The van der Waals surface area contributed by atoms with Crippen LogP contribution in [0.15, 0.2) is 24.3 Å². The number of hydrogen-bond acceptors (Lipinski definition) is 5. The van der Waals surface area contributed by atoms with Crippen LogP contribution in [0, 0.1) is 0 Å². The molecule has 7 nitrogen and oxygen atoms in total. The fourth-order valence-electron chi connectivity index (χ4n) is 2.89. The summed E-state index contributed by atoms with van der Waals surface area (Å²) in [5, 5.41) is 2.92. The average Bonchev–Trinajstić information content (AvgIpc) is 2.60. The lowest BCUT2D eigenvalue weighted by Crippen LogP contribution is -2.45. The molecule has 1 saturated heterocycles. The van der Waals surface area contributed by atoms with E-state index in [0.29, 0.717) is 37.4 Å². The molecule has 8 heteroatoms. The lowest BCUT2D eigenvalue weighted by atomic mass is 10.1. The molecule has 0 aliphatic carbocycles. The van der Waals surface area contributed by atoms with Gasteiger partial charge < -0.3 is 14.8 Å². The number of nitrogens with zero attached hydrogens (tertiary/aromatic N) is 1. The number of ether oxygens (including phenoxy) is 2. The van der Waals surface area contributed by atoms with E-state index < -0.39 is 10.0 Å². The topological polar surface area (TPSA) is 84.9 Å². The molecule has 27 heavy (non-hydrogen) atoms. The van der Waals surface area contributed by atoms with Crippen molar-refractivity contribution in [3.05, 3.63) is 29.8 Å². The molecule has 1 aromatic rings. The van der Waals surface area contributed by atoms with E-state index in [9.17, 15) is 13.2 Å². The summed E-state index contributed by atoms with van der Waals surface area (Å²) < 4.78 is 35.5. The van der Waals surface area contributed by atoms with Gasteiger partial charge in [-0.25, -0.2) is 12.7 Å². The molecular weight excluding hydrogens is 368 g/mol. The fourth-order valence-corrected chi connectivity index (χ4v) is 3.77. The van der Waals surface area contributed by atoms with E-state index in [1.165, 1.54) is 16.6 Å². The maximum absolute atomic E-state index is 12.1. The molecule has 0 radical (unpaired) electrons. The quantitative estimate of drug-likeness (QED) is 0.713. The Hall–Kier alpha value is -2.06. The zero-order valence-electron chi connectivity index (χ0n) is 16.3. The number of methoxy groups -OCH3 is 1. The lowest BCUT2D eigenvalue weighted by Gasteiger charge is -2.30. The zero-order chi connectivity index (χ0) is 20.0. The molecule has 150 valence electrons. The fraction of sp³-hybridized carbons (Fsp3) is 0.526. The summed E-state index contributed by atoms with van der Waals surface area (Å²) in [6.07, 6.45) is 5.66. The van der Waals surface area contributed by atoms with E-state index in [2.05, 4.69) is 5.32 Å². The first-order valence-electron chi connectivity index (χ1n) is 8.97. The van der Waals surface area contributed by atoms with Crippen LogP contribution in [0.3, 0.4) is 0 Å². The van der Waals surface area contributed by atoms with Gasteiger partial charge in [-0.3, -0.25) is 4.79 Å². The van der Waals surface area contributed by atoms with Gasteiger partial charge in [-0.05, 0) is 50.5 Å². The smallest absolute Gasteiger partial charge is 0.244 e. The molecule has 2 rings (SSSR count). The highest BCUT2D eigenvalue weighted by molar-refractivity contribution is 7.88. The average molecular weight is 397 g/mol. The summed E-state index contributed by atoms with van der Waals surface area (Å²) in [7, 11) is -1.58. The van der Waals surface area contributed by atoms with Gasteiger partial charge in [-0.2, -0.15) is 0 Å². The van der Waals surface area contributed by atoms with Crippen LogP contribution < -0.4 is 14.8 Å². The first-order chi connectivity index (χ1) is 12.7. The Morgan fingerprint density at radius 3 is 2.48 bits per heavy atom. The largest absolute Gasteiger partial charge is 0.493 e. The van der Waals surface area contributed by atoms with Crippen molar-refractivity contribution in [3.63, 3.8) is 0 Å². The molecule has 0 bridgehead atoms. The monoisotopic (exact) mass is 396 g/mol. The van der Waals surface area contributed by atoms with E-state index in [1.807, 2.05) is 32.0 Å². The van der Waals surface area contributed by atoms with Crippen LogP contribution in [0.1, 0.15) is 32.3 Å². The maximum Gasteiger partial charge on any atom is 0.244 e. The molecule has 1 N–H and O–H groups in total. The summed E-state index contributed by atoms with van der Waals surface area (Å²) in [6, 6.07) is 5.47. The molecular formula is C19H28N2O5S. The number of benzene rings is 1. The van der Waals surface area contributed by atoms with Crippen LogP contribution in [0.4, 0.5) is 0 Å². The molecule has 1 heterocycles. The Balaban J connectivity index is 1.91. The number of nitrogens with one attached hydrogen (secondary N) is 1. The summed E-state index contributed by atoms with van der Waals surface area (Å²) in [5.41, 5.74) is 0.824. The Labute approximate surface area is 161 Å². The number of carbonyl (C=O) groups is 1. The lowest BCUT2D eigenvalue weighted by molar-refractivity contribution is -0.117. The second kappa shape index (κ2) is 9.23. The Bertz CT molecular complexity index is 781. The van der Waals surface area contributed by atoms with Gasteiger partial charge in [0.05, 0.1) is 19.5 Å². The van der Waals surface area contributed by atoms with Crippen LogP contribution >= 0.6 is 0 Å². The molecule has 0 saturated carbocycles. The van der Waals surface area contributed by atoms with E-state index in [4.69, 9.17) is 9.47 Å². The van der Waals surface area contributed by atoms with Crippen molar-refractivity contribution in [1.29, 1.82) is 0 Å². The number of piperidine rings is 1. The third-order valence-electron chi connectivity index (χ3n) is 4.25. The van der Waals surface area contributed by atoms with Gasteiger partial charge in [-0.1, -0.05) is 6.07 Å². The minimum atomic E-state index is -3.16. The van der Waals surface area contributed by atoms with Gasteiger partial charge in [0.2, 0.25) is 15.9 Å². The molecule has 1 amide bonds. The van der Waals surface area contributed by atoms with Gasteiger partial charge in [0.15, 0.2) is 11.5 Å². The normalized spacial score (nSPS) is 16.6. The predicted octanol–water partition coefficient (Wildman–Crippen LogP) is 2.04. The molecule has 0 unspecified atom stereocenters. The third kappa shape index (κ3) is 6.55. The highest BCUT2D eigenvalue weighted by Gasteiger charge is 2.25. The van der Waals surface area contributed by atoms with Crippen LogP contribution in [-0.4, -0.2) is 57.2 Å². The van der Waals surface area contributed by atoms with Gasteiger partial charge >= 0.3 is 0 Å². The third-order valence-corrected chi connectivity index (χ3v) is 5.55. The molecule has 0 spiro atoms. The van der Waals surface area contributed by atoms with Gasteiger partial charge in [-0.15, -0.1) is 0 Å². The highest BCUT2D eigenvalue weighted by Crippen LogP contribution is 2.29. The van der Waals surface area contributed by atoms with Crippen molar-refractivity contribution in [3.8, 4) is 11.5 Å². The predicted molar refractivity (Wildman–Crippen MR) is 105 cm³/mol. The summed E-state index contributed by atoms with van der Waals surface area (Å²) in [6.45, 7) is 4.75. The van der Waals surface area contributed by atoms with E-state index >= 15 is 0 Å². The van der Waals surface area contributed by atoms with Crippen molar-refractivity contribution in [2.24, 2.45) is 0 Å². The van der Waals surface area contributed by atoms with Crippen molar-refractivity contribution >= 4 is 22.0 Å². The minimum absolute atomic E-state index is 0.0171. The van der Waals surface area contributed by atoms with Crippen LogP contribution in [0.2, 0.25) is 0 Å². The highest BCUT2D eigenvalue weighted by atomic mass is 32.2. The van der Waals surface area contributed by atoms with Crippen LogP contribution in [0.5, 0.6) is 11.5 Å². The van der Waals surface area contributed by atoms with E-state index in [-0.39, 0.29) is 18.1 Å². The maximum atomic E-state index is 12.1. The van der Waals surface area contributed by atoms with Crippen LogP contribution in [0.25, 0.3) is 6.08 Å². The Kier molecular flexibility index (Phi) is 7.26. The summed E-state index contributed by atoms with van der Waals surface area (Å²) in [4.78, 5) is 12.1. The Morgan fingerprint density at radius 2 is 1.93 bits per heavy atom. The second-order valence-corrected chi connectivity index (χ2v) is 8.84. The number of carbonyl (C=O) groups excluding carboxylic acids is 1. The first kappa shape index (κ1) is 21.2. The number of sulfonamides is 1. The minimum Gasteiger partial charge on any atom is -0.493 e. The molecule has 0 atom stereocenters. The second-order valence-electron chi connectivity index (χ2n) is 6.86. The van der Waals surface area contributed by atoms with Gasteiger partial charge in [0, 0.05) is 25.2 Å². The van der Waals surface area contributed by atoms with Crippen molar-refractivity contribution in [2.75, 3.05) is 26.5 Å². The summed E-state index contributed by atoms with van der Waals surface area (Å²) in [5.74, 6) is 1.07. The van der Waals surface area contributed by atoms with E-state index in [0.717, 1.165) is 5.56 Å². The molecule has 1 aliphatic heterocycles. The first-order valence-corrected chi connectivity index (χ1v) is 10.8. The van der Waals surface area contributed by atoms with Crippen molar-refractivity contribution < 1.29 is 22.7 Å². The van der Waals surface area contributed by atoms with Gasteiger partial charge in [0.25, 0.3) is 0 Å². The van der Waals surface area contributed by atoms with E-state index in [1.54, 1.807) is 13.2 Å². The standard InChI is InChI=1S/C19H28N2O5S/c1-14(2)26-17-7-5-15(13-18(17)25-3)6-8-19(22)20-16-9-11-21(12-10-16)27(4,23)24/h5-8,13-14,16H,9-12H2,1-4H3,(H,20,22)/b8-6+. The van der Waals surface area contributed by atoms with Gasteiger partial charge in [0.1, 0.15) is 0 Å². The Morgan fingerprint density at radius 1 is 1.26 bits per heavy atom. The molecule has 1 aliphatic rings.